The molecule has 1 heterocycles. The fourth-order valence-electron chi connectivity index (χ4n) is 2.20. The molecular formula is C19H16ClN3O2. The van der Waals surface area contributed by atoms with Crippen LogP contribution in [-0.2, 0) is 0 Å². The molecule has 6 heteroatoms. The van der Waals surface area contributed by atoms with Crippen molar-refractivity contribution < 1.29 is 9.53 Å². The molecule has 3 aromatic rings. The Morgan fingerprint density at radius 1 is 1.00 bits per heavy atom. The van der Waals surface area contributed by atoms with Gasteiger partial charge in [-0.05, 0) is 54.6 Å². The van der Waals surface area contributed by atoms with E-state index < -0.39 is 0 Å². The number of carbonyl (C=O) groups is 1. The summed E-state index contributed by atoms with van der Waals surface area (Å²) in [6.07, 6.45) is 1.61. The molecule has 0 atom stereocenters. The van der Waals surface area contributed by atoms with Crippen molar-refractivity contribution in [3.8, 4) is 5.75 Å². The summed E-state index contributed by atoms with van der Waals surface area (Å²) in [7, 11) is 1.62. The van der Waals surface area contributed by atoms with Gasteiger partial charge < -0.3 is 15.4 Å². The van der Waals surface area contributed by atoms with Gasteiger partial charge in [0.1, 0.15) is 11.4 Å². The Bertz CT molecular complexity index is 865. The maximum atomic E-state index is 12.2. The highest BCUT2D eigenvalue weighted by Gasteiger charge is 2.08. The minimum absolute atomic E-state index is 0.293. The van der Waals surface area contributed by atoms with E-state index in [1.807, 2.05) is 24.3 Å². The molecular weight excluding hydrogens is 338 g/mol. The Hall–Kier alpha value is -3.05. The average molecular weight is 354 g/mol. The SMILES string of the molecule is COc1ccc(Nc2ccc(C(=O)Nc3cccc(Cl)c3)nc2)cc1. The zero-order valence-corrected chi connectivity index (χ0v) is 14.2. The molecule has 25 heavy (non-hydrogen) atoms. The number of hydrogen-bond donors (Lipinski definition) is 2. The first kappa shape index (κ1) is 16.8. The van der Waals surface area contributed by atoms with Crippen LogP contribution in [0.15, 0.2) is 66.9 Å². The number of halogens is 1. The molecule has 0 aliphatic heterocycles. The number of rotatable bonds is 5. The second kappa shape index (κ2) is 7.68. The second-order valence-corrected chi connectivity index (χ2v) is 5.69. The van der Waals surface area contributed by atoms with Crippen LogP contribution in [0.5, 0.6) is 5.75 Å². The van der Waals surface area contributed by atoms with Crippen LogP contribution < -0.4 is 15.4 Å². The number of nitrogens with one attached hydrogen (secondary N) is 2. The van der Waals surface area contributed by atoms with Gasteiger partial charge in [0, 0.05) is 16.4 Å². The van der Waals surface area contributed by atoms with Crippen LogP contribution in [0.25, 0.3) is 0 Å². The van der Waals surface area contributed by atoms with E-state index in [-0.39, 0.29) is 5.91 Å². The van der Waals surface area contributed by atoms with Crippen molar-refractivity contribution in [2.45, 2.75) is 0 Å². The maximum Gasteiger partial charge on any atom is 0.274 e. The van der Waals surface area contributed by atoms with Crippen LogP contribution >= 0.6 is 11.6 Å². The maximum absolute atomic E-state index is 12.2. The van der Waals surface area contributed by atoms with E-state index >= 15 is 0 Å². The molecule has 0 saturated heterocycles. The number of carbonyl (C=O) groups excluding carboxylic acids is 1. The summed E-state index contributed by atoms with van der Waals surface area (Å²) >= 11 is 5.91. The molecule has 126 valence electrons. The molecule has 0 saturated carbocycles. The first-order chi connectivity index (χ1) is 12.1. The van der Waals surface area contributed by atoms with Crippen LogP contribution in [0.4, 0.5) is 17.1 Å². The average Bonchev–Trinajstić information content (AvgIpc) is 2.63. The predicted octanol–water partition coefficient (Wildman–Crippen LogP) is 4.74. The molecule has 0 spiro atoms. The zero-order valence-electron chi connectivity index (χ0n) is 13.5. The third-order valence-corrected chi connectivity index (χ3v) is 3.69. The van der Waals surface area contributed by atoms with Gasteiger partial charge >= 0.3 is 0 Å². The highest BCUT2D eigenvalue weighted by Crippen LogP contribution is 2.20. The molecule has 5 nitrogen and oxygen atoms in total. The van der Waals surface area contributed by atoms with E-state index in [1.54, 1.807) is 49.7 Å². The van der Waals surface area contributed by atoms with E-state index in [4.69, 9.17) is 16.3 Å². The van der Waals surface area contributed by atoms with E-state index in [0.717, 1.165) is 17.1 Å². The molecule has 0 aliphatic carbocycles. The molecule has 1 aromatic heterocycles. The highest BCUT2D eigenvalue weighted by atomic mass is 35.5. The number of methoxy groups -OCH3 is 1. The van der Waals surface area contributed by atoms with Crippen molar-refractivity contribution in [2.24, 2.45) is 0 Å². The summed E-state index contributed by atoms with van der Waals surface area (Å²) in [5.41, 5.74) is 2.63. The number of ether oxygens (including phenoxy) is 1. The van der Waals surface area contributed by atoms with Gasteiger partial charge in [-0.2, -0.15) is 0 Å². The lowest BCUT2D eigenvalue weighted by molar-refractivity contribution is 0.102. The van der Waals surface area contributed by atoms with Crippen molar-refractivity contribution in [1.82, 2.24) is 4.98 Å². The van der Waals surface area contributed by atoms with Gasteiger partial charge in [0.2, 0.25) is 0 Å². The van der Waals surface area contributed by atoms with Crippen LogP contribution in [0.2, 0.25) is 5.02 Å². The van der Waals surface area contributed by atoms with Crippen molar-refractivity contribution >= 4 is 34.6 Å². The van der Waals surface area contributed by atoms with E-state index in [9.17, 15) is 4.79 Å². The van der Waals surface area contributed by atoms with Gasteiger partial charge in [-0.25, -0.2) is 4.98 Å². The monoisotopic (exact) mass is 353 g/mol. The Labute approximate surface area is 150 Å². The van der Waals surface area contributed by atoms with Crippen LogP contribution in [0.1, 0.15) is 10.5 Å². The summed E-state index contributed by atoms with van der Waals surface area (Å²) in [5.74, 6) is 0.495. The lowest BCUT2D eigenvalue weighted by Crippen LogP contribution is -2.13. The summed E-state index contributed by atoms with van der Waals surface area (Å²) in [4.78, 5) is 16.4. The lowest BCUT2D eigenvalue weighted by Gasteiger charge is -2.08. The molecule has 0 bridgehead atoms. The molecule has 0 unspecified atom stereocenters. The van der Waals surface area contributed by atoms with Crippen molar-refractivity contribution in [3.63, 3.8) is 0 Å². The summed E-state index contributed by atoms with van der Waals surface area (Å²) in [5, 5.41) is 6.53. The molecule has 3 rings (SSSR count). The Morgan fingerprint density at radius 2 is 1.76 bits per heavy atom. The van der Waals surface area contributed by atoms with E-state index in [2.05, 4.69) is 15.6 Å². The van der Waals surface area contributed by atoms with Crippen LogP contribution in [0, 0.1) is 0 Å². The quantitative estimate of drug-likeness (QED) is 0.695. The topological polar surface area (TPSA) is 63.2 Å². The molecule has 0 fully saturated rings. The number of hydrogen-bond acceptors (Lipinski definition) is 4. The number of benzene rings is 2. The Kier molecular flexibility index (Phi) is 5.16. The van der Waals surface area contributed by atoms with E-state index in [1.165, 1.54) is 0 Å². The van der Waals surface area contributed by atoms with Gasteiger partial charge in [-0.1, -0.05) is 17.7 Å². The Balaban J connectivity index is 1.65. The van der Waals surface area contributed by atoms with Gasteiger partial charge in [0.25, 0.3) is 5.91 Å². The van der Waals surface area contributed by atoms with Crippen LogP contribution in [-0.4, -0.2) is 18.0 Å². The summed E-state index contributed by atoms with van der Waals surface area (Å²) in [6, 6.07) is 17.9. The summed E-state index contributed by atoms with van der Waals surface area (Å²) in [6.45, 7) is 0. The van der Waals surface area contributed by atoms with Gasteiger partial charge in [0.15, 0.2) is 0 Å². The number of nitrogens with zero attached hydrogens (tertiary/aromatic N) is 1. The van der Waals surface area contributed by atoms with Gasteiger partial charge in [0.05, 0.1) is 19.0 Å². The van der Waals surface area contributed by atoms with Crippen molar-refractivity contribution in [1.29, 1.82) is 0 Å². The Morgan fingerprint density at radius 3 is 2.40 bits per heavy atom. The zero-order chi connectivity index (χ0) is 17.6. The highest BCUT2D eigenvalue weighted by molar-refractivity contribution is 6.30. The standard InChI is InChI=1S/C19H16ClN3O2/c1-25-17-8-5-14(6-9-17)22-16-7-10-18(21-12-16)19(24)23-15-4-2-3-13(20)11-15/h2-12,22H,1H3,(H,23,24). The fraction of sp³-hybridized carbons (Fsp3) is 0.0526. The largest absolute Gasteiger partial charge is 0.497 e. The molecule has 2 N–H and O–H groups in total. The second-order valence-electron chi connectivity index (χ2n) is 5.25. The van der Waals surface area contributed by atoms with Crippen LogP contribution in [0.3, 0.4) is 0 Å². The molecule has 1 amide bonds. The third-order valence-electron chi connectivity index (χ3n) is 3.46. The van der Waals surface area contributed by atoms with Crippen molar-refractivity contribution in [2.75, 3.05) is 17.7 Å². The normalized spacial score (nSPS) is 10.2. The lowest BCUT2D eigenvalue weighted by atomic mass is 10.2. The van der Waals surface area contributed by atoms with Crippen molar-refractivity contribution in [3.05, 3.63) is 77.6 Å². The number of pyridine rings is 1. The number of amides is 1. The number of aromatic nitrogens is 1. The van der Waals surface area contributed by atoms with Gasteiger partial charge in [-0.3, -0.25) is 4.79 Å². The first-order valence-corrected chi connectivity index (χ1v) is 7.96. The van der Waals surface area contributed by atoms with E-state index in [0.29, 0.717) is 16.4 Å². The molecule has 2 aromatic carbocycles. The summed E-state index contributed by atoms with van der Waals surface area (Å²) < 4.78 is 5.12. The predicted molar refractivity (Wildman–Crippen MR) is 99.9 cm³/mol. The molecule has 0 aliphatic rings. The minimum Gasteiger partial charge on any atom is -0.497 e. The fourth-order valence-corrected chi connectivity index (χ4v) is 2.39. The van der Waals surface area contributed by atoms with Gasteiger partial charge in [-0.15, -0.1) is 0 Å². The number of anilines is 3. The first-order valence-electron chi connectivity index (χ1n) is 7.58. The third kappa shape index (κ3) is 4.49. The smallest absolute Gasteiger partial charge is 0.274 e. The molecule has 0 radical (unpaired) electrons. The minimum atomic E-state index is -0.293.